The van der Waals surface area contributed by atoms with Crippen molar-refractivity contribution in [2.45, 2.75) is 129 Å². The second kappa shape index (κ2) is 18.3. The molecule has 1 saturated carbocycles. The lowest BCUT2D eigenvalue weighted by molar-refractivity contribution is -0.307. The van der Waals surface area contributed by atoms with Crippen LogP contribution in [0.15, 0.2) is 24.3 Å². The van der Waals surface area contributed by atoms with Gasteiger partial charge in [0.2, 0.25) is 0 Å². The topological polar surface area (TPSA) is 348 Å². The van der Waals surface area contributed by atoms with E-state index in [1.807, 2.05) is 24.3 Å². The zero-order valence-corrected chi connectivity index (χ0v) is 28.9. The Morgan fingerprint density at radius 3 is 1.83 bits per heavy atom. The highest BCUT2D eigenvalue weighted by Gasteiger charge is 2.54. The molecule has 20 heteroatoms. The van der Waals surface area contributed by atoms with E-state index in [1.54, 1.807) is 7.11 Å². The minimum Gasteiger partial charge on any atom is -0.497 e. The first-order valence-electron chi connectivity index (χ1n) is 17.5. The molecule has 0 spiro atoms. The van der Waals surface area contributed by atoms with E-state index in [2.05, 4.69) is 5.32 Å². The number of ether oxygens (including phenoxy) is 7. The summed E-state index contributed by atoms with van der Waals surface area (Å²) in [4.78, 5) is 0. The van der Waals surface area contributed by atoms with Crippen LogP contribution in [0.25, 0.3) is 0 Å². The third-order valence-corrected chi connectivity index (χ3v) is 10.2. The van der Waals surface area contributed by atoms with Gasteiger partial charge >= 0.3 is 0 Å². The summed E-state index contributed by atoms with van der Waals surface area (Å²) in [6.07, 6.45) is -19.2. The predicted octanol–water partition coefficient (Wildman–Crippen LogP) is -7.01. The number of aliphatic hydroxyl groups is 7. The van der Waals surface area contributed by atoms with Crippen LogP contribution in [0, 0.1) is 0 Å². The summed E-state index contributed by atoms with van der Waals surface area (Å²) in [5, 5.41) is 78.0. The molecule has 0 radical (unpaired) electrons. The summed E-state index contributed by atoms with van der Waals surface area (Å²) >= 11 is 0. The van der Waals surface area contributed by atoms with Gasteiger partial charge in [-0.3, -0.25) is 0 Å². The largest absolute Gasteiger partial charge is 0.497 e. The van der Waals surface area contributed by atoms with Crippen LogP contribution in [-0.2, 0) is 34.8 Å². The molecule has 0 aromatic heterocycles. The smallest absolute Gasteiger partial charge is 0.187 e. The van der Waals surface area contributed by atoms with E-state index < -0.39 is 123 Å². The lowest BCUT2D eigenvalue weighted by Crippen LogP contribution is -2.68. The molecular weight excluding hydrogens is 692 g/mol. The van der Waals surface area contributed by atoms with E-state index in [1.165, 1.54) is 0 Å². The molecule has 1 aromatic carbocycles. The van der Waals surface area contributed by atoms with Crippen LogP contribution in [0.3, 0.4) is 0 Å². The van der Waals surface area contributed by atoms with E-state index in [0.717, 1.165) is 11.3 Å². The van der Waals surface area contributed by atoms with E-state index in [9.17, 15) is 35.7 Å². The predicted molar refractivity (Wildman–Crippen MR) is 179 cm³/mol. The van der Waals surface area contributed by atoms with Crippen molar-refractivity contribution in [2.24, 2.45) is 28.7 Å². The molecular formula is C32H56N6O14. The molecule has 20 nitrogen and oxygen atoms in total. The summed E-state index contributed by atoms with van der Waals surface area (Å²) in [6, 6.07) is 3.36. The van der Waals surface area contributed by atoms with Gasteiger partial charge < -0.3 is 103 Å². The molecule has 1 aromatic rings. The monoisotopic (exact) mass is 748 g/mol. The Balaban J connectivity index is 1.24. The van der Waals surface area contributed by atoms with Crippen LogP contribution < -0.4 is 38.7 Å². The van der Waals surface area contributed by atoms with Crippen molar-refractivity contribution >= 4 is 0 Å². The molecule has 0 bridgehead atoms. The zero-order chi connectivity index (χ0) is 37.9. The Labute approximate surface area is 301 Å². The maximum Gasteiger partial charge on any atom is 0.187 e. The van der Waals surface area contributed by atoms with Gasteiger partial charge in [0.05, 0.1) is 31.9 Å². The minimum absolute atomic E-state index is 0.0850. The lowest BCUT2D eigenvalue weighted by Gasteiger charge is -2.47. The Morgan fingerprint density at radius 2 is 1.23 bits per heavy atom. The van der Waals surface area contributed by atoms with E-state index in [0.29, 0.717) is 13.0 Å². The number of aliphatic hydroxyl groups excluding tert-OH is 7. The minimum atomic E-state index is -1.62. The first-order valence-corrected chi connectivity index (χ1v) is 17.5. The van der Waals surface area contributed by atoms with Crippen LogP contribution in [0.2, 0.25) is 0 Å². The number of nitrogens with two attached hydrogens (primary N) is 5. The summed E-state index contributed by atoms with van der Waals surface area (Å²) in [7, 11) is 1.59. The highest BCUT2D eigenvalue weighted by Crippen LogP contribution is 2.34. The fourth-order valence-electron chi connectivity index (χ4n) is 6.99. The summed E-state index contributed by atoms with van der Waals surface area (Å²) in [5.74, 6) is 0.742. The van der Waals surface area contributed by atoms with E-state index in [-0.39, 0.29) is 19.5 Å². The molecule has 19 atom stereocenters. The van der Waals surface area contributed by atoms with Gasteiger partial charge in [-0.1, -0.05) is 12.1 Å². The standard InChI is InChI=1S/C32H56N6O14/c1-46-13-4-2-12(3-5-13)6-7-38-10-17-23(42)25(44)20(37)31(48-17)50-27-15(35)8-14(34)21(40)29(27)52-32-26(45)28(18(11-39)49-32)51-30-19(36)24(43)22(41)16(9-33)47-30/h2-5,14-32,38-45H,6-11,33-37H2,1H3/t14-,15+,16+,17-,18-,19-,20-,21+,22-,23-,24-,25-,26-,27-,28-,29-,30-,31-,32+/m1/s1. The van der Waals surface area contributed by atoms with Crippen molar-refractivity contribution in [3.05, 3.63) is 29.8 Å². The first-order chi connectivity index (χ1) is 24.8. The first kappa shape index (κ1) is 41.4. The van der Waals surface area contributed by atoms with Crippen LogP contribution in [0.5, 0.6) is 5.75 Å². The summed E-state index contributed by atoms with van der Waals surface area (Å²) in [5.41, 5.74) is 31.6. The number of hydrogen-bond acceptors (Lipinski definition) is 20. The fraction of sp³-hybridized carbons (Fsp3) is 0.812. The van der Waals surface area contributed by atoms with Crippen molar-refractivity contribution in [3.8, 4) is 5.75 Å². The number of benzene rings is 1. The summed E-state index contributed by atoms with van der Waals surface area (Å²) < 4.78 is 40.7. The Bertz CT molecular complexity index is 1240. The zero-order valence-electron chi connectivity index (χ0n) is 28.9. The van der Waals surface area contributed by atoms with E-state index >= 15 is 0 Å². The molecule has 0 amide bonds. The van der Waals surface area contributed by atoms with Gasteiger partial charge in [-0.25, -0.2) is 0 Å². The fourth-order valence-corrected chi connectivity index (χ4v) is 6.99. The second-order valence-corrected chi connectivity index (χ2v) is 13.8. The maximum absolute atomic E-state index is 11.3. The molecule has 3 heterocycles. The van der Waals surface area contributed by atoms with Crippen LogP contribution >= 0.6 is 0 Å². The third kappa shape index (κ3) is 9.03. The maximum atomic E-state index is 11.3. The van der Waals surface area contributed by atoms with E-state index in [4.69, 9.17) is 61.8 Å². The second-order valence-electron chi connectivity index (χ2n) is 13.8. The van der Waals surface area contributed by atoms with Gasteiger partial charge in [0.25, 0.3) is 0 Å². The summed E-state index contributed by atoms with van der Waals surface area (Å²) in [6.45, 7) is -0.162. The molecule has 298 valence electrons. The van der Waals surface area contributed by atoms with Crippen molar-refractivity contribution in [3.63, 3.8) is 0 Å². The molecule has 0 unspecified atom stereocenters. The Morgan fingerprint density at radius 1 is 0.673 bits per heavy atom. The molecule has 3 aliphatic heterocycles. The molecule has 3 saturated heterocycles. The molecule has 5 rings (SSSR count). The van der Waals surface area contributed by atoms with Gasteiger partial charge in [0, 0.05) is 25.2 Å². The quantitative estimate of drug-likeness (QED) is 0.0786. The van der Waals surface area contributed by atoms with Gasteiger partial charge in [-0.05, 0) is 37.1 Å². The van der Waals surface area contributed by atoms with Crippen LogP contribution in [0.1, 0.15) is 12.0 Å². The molecule has 1 aliphatic carbocycles. The normalized spacial score (nSPS) is 45.6. The average molecular weight is 749 g/mol. The highest BCUT2D eigenvalue weighted by atomic mass is 16.8. The van der Waals surface area contributed by atoms with Crippen molar-refractivity contribution in [1.82, 2.24) is 5.32 Å². The van der Waals surface area contributed by atoms with Gasteiger partial charge in [-0.2, -0.15) is 0 Å². The van der Waals surface area contributed by atoms with Crippen LogP contribution in [0.4, 0.5) is 0 Å². The third-order valence-electron chi connectivity index (χ3n) is 10.2. The van der Waals surface area contributed by atoms with Crippen molar-refractivity contribution in [1.29, 1.82) is 0 Å². The SMILES string of the molecule is COc1ccc(CCNC[C@H]2O[C@H](O[C@H]3[C@H](O[C@@H]4O[C@H](CO)[C@@H](O[C@H]5O[C@@H](CN)[C@@H](O)[C@H](O)[C@H]5N)[C@H]4O)[C@@H](O)[C@H](N)C[C@@H]3N)[C@H](N)[C@@H](O)[C@@H]2O)cc1. The number of nitrogens with one attached hydrogen (secondary N) is 1. The number of hydrogen-bond donors (Lipinski definition) is 13. The molecule has 4 fully saturated rings. The highest BCUT2D eigenvalue weighted by molar-refractivity contribution is 5.27. The average Bonchev–Trinajstić information content (AvgIpc) is 3.44. The Hall–Kier alpha value is -1.74. The molecule has 4 aliphatic rings. The molecule has 52 heavy (non-hydrogen) atoms. The number of methoxy groups -OCH3 is 1. The van der Waals surface area contributed by atoms with Crippen LogP contribution in [-0.4, -0.2) is 185 Å². The van der Waals surface area contributed by atoms with Gasteiger partial charge in [0.15, 0.2) is 18.9 Å². The molecule has 18 N–H and O–H groups in total. The van der Waals surface area contributed by atoms with Gasteiger partial charge in [-0.15, -0.1) is 0 Å². The number of rotatable bonds is 14. The van der Waals surface area contributed by atoms with Crippen molar-refractivity contribution in [2.75, 3.05) is 33.4 Å². The van der Waals surface area contributed by atoms with Crippen molar-refractivity contribution < 1.29 is 68.9 Å². The van der Waals surface area contributed by atoms with Gasteiger partial charge in [0.1, 0.15) is 72.9 Å². The Kier molecular flexibility index (Phi) is 14.5. The lowest BCUT2D eigenvalue weighted by atomic mass is 9.84.